The Bertz CT molecular complexity index is 182. The third-order valence-electron chi connectivity index (χ3n) is 1.60. The molecule has 4 nitrogen and oxygen atoms in total. The average Bonchev–Trinajstić information content (AvgIpc) is 1.88. The summed E-state index contributed by atoms with van der Waals surface area (Å²) in [6.07, 6.45) is 1.65. The van der Waals surface area contributed by atoms with Crippen LogP contribution in [0.1, 0.15) is 26.7 Å². The van der Waals surface area contributed by atoms with Crippen molar-refractivity contribution < 1.29 is 17.2 Å². The quantitative estimate of drug-likeness (QED) is 0.378. The van der Waals surface area contributed by atoms with Gasteiger partial charge in [-0.25, -0.2) is 8.42 Å². The van der Waals surface area contributed by atoms with Gasteiger partial charge in [0.2, 0.25) is 10.4 Å². The molecule has 12 heavy (non-hydrogen) atoms. The van der Waals surface area contributed by atoms with Gasteiger partial charge in [0.25, 0.3) is 0 Å². The highest BCUT2D eigenvalue weighted by Crippen LogP contribution is 2.08. The van der Waals surface area contributed by atoms with Gasteiger partial charge in [-0.15, -0.1) is 0 Å². The third-order valence-corrected chi connectivity index (χ3v) is 2.03. The van der Waals surface area contributed by atoms with Gasteiger partial charge in [0.1, 0.15) is 0 Å². The van der Waals surface area contributed by atoms with E-state index in [2.05, 4.69) is 4.18 Å². The molecule has 0 aromatic rings. The first kappa shape index (κ1) is 14.3. The van der Waals surface area contributed by atoms with Crippen LogP contribution in [-0.4, -0.2) is 19.6 Å². The van der Waals surface area contributed by atoms with Crippen molar-refractivity contribution in [3.05, 3.63) is 7.43 Å². The number of rotatable bonds is 5. The maximum Gasteiger partial charge on any atom is 0.217 e. The minimum Gasteiger partial charge on any atom is -0.726 e. The van der Waals surface area contributed by atoms with E-state index in [9.17, 15) is 13.0 Å². The lowest BCUT2D eigenvalue weighted by Crippen LogP contribution is -2.12. The fourth-order valence-corrected chi connectivity index (χ4v) is 1.06. The van der Waals surface area contributed by atoms with Crippen LogP contribution in [0.15, 0.2) is 0 Å². The smallest absolute Gasteiger partial charge is 0.217 e. The van der Waals surface area contributed by atoms with E-state index in [1.807, 2.05) is 13.8 Å². The Labute approximate surface area is 74.9 Å². The molecular weight excluding hydrogens is 180 g/mol. The highest BCUT2D eigenvalue weighted by Gasteiger charge is 2.04. The summed E-state index contributed by atoms with van der Waals surface area (Å²) >= 11 is 0. The van der Waals surface area contributed by atoms with Crippen LogP contribution in [0.3, 0.4) is 0 Å². The molecule has 0 saturated heterocycles. The molecule has 0 atom stereocenters. The maximum absolute atomic E-state index is 9.99. The molecule has 0 aliphatic rings. The van der Waals surface area contributed by atoms with Gasteiger partial charge in [-0.3, -0.25) is 4.18 Å². The molecule has 0 bridgehead atoms. The van der Waals surface area contributed by atoms with E-state index in [4.69, 9.17) is 0 Å². The largest absolute Gasteiger partial charge is 0.726 e. The molecule has 0 aliphatic carbocycles. The lowest BCUT2D eigenvalue weighted by molar-refractivity contribution is 0.212. The van der Waals surface area contributed by atoms with E-state index in [-0.39, 0.29) is 20.0 Å². The van der Waals surface area contributed by atoms with Crippen LogP contribution >= 0.6 is 0 Å². The molecule has 0 aromatic carbocycles. The van der Waals surface area contributed by atoms with Gasteiger partial charge in [0, 0.05) is 7.43 Å². The molecule has 0 unspecified atom stereocenters. The molecule has 0 aromatic heterocycles. The van der Waals surface area contributed by atoms with Gasteiger partial charge >= 0.3 is 0 Å². The Kier molecular flexibility index (Phi) is 7.47. The lowest BCUT2D eigenvalue weighted by Gasteiger charge is -2.13. The van der Waals surface area contributed by atoms with Gasteiger partial charge in [-0.05, 0) is 5.92 Å². The van der Waals surface area contributed by atoms with Crippen LogP contribution in [0, 0.1) is 13.3 Å². The predicted molar refractivity (Wildman–Crippen MR) is 46.1 cm³/mol. The van der Waals surface area contributed by atoms with Crippen molar-refractivity contribution in [3.8, 4) is 0 Å². The Balaban J connectivity index is 0. The minimum atomic E-state index is -4.49. The average molecular weight is 196 g/mol. The van der Waals surface area contributed by atoms with Gasteiger partial charge in [0.15, 0.2) is 0 Å². The van der Waals surface area contributed by atoms with Crippen molar-refractivity contribution in [1.29, 1.82) is 0 Å². The summed E-state index contributed by atoms with van der Waals surface area (Å²) in [5.74, 6) is 0.165. The van der Waals surface area contributed by atoms with Crippen LogP contribution in [0.5, 0.6) is 0 Å². The molecule has 0 saturated carbocycles. The van der Waals surface area contributed by atoms with Crippen LogP contribution in [0.25, 0.3) is 0 Å². The summed E-state index contributed by atoms with van der Waals surface area (Å²) in [5.41, 5.74) is 0. The Morgan fingerprint density at radius 3 is 2.00 bits per heavy atom. The van der Waals surface area contributed by atoms with Crippen LogP contribution in [-0.2, 0) is 14.6 Å². The predicted octanol–water partition coefficient (Wildman–Crippen LogP) is 1.35. The highest BCUT2D eigenvalue weighted by molar-refractivity contribution is 7.80. The lowest BCUT2D eigenvalue weighted by atomic mass is 10.1. The van der Waals surface area contributed by atoms with Crippen molar-refractivity contribution in [1.82, 2.24) is 0 Å². The molecular formula is C7H16O4S. The molecule has 0 N–H and O–H groups in total. The van der Waals surface area contributed by atoms with E-state index in [1.165, 1.54) is 0 Å². The SMILES string of the molecule is CCC(CC)COS(=O)(=O)[O-].[CH3+]. The molecule has 5 heteroatoms. The van der Waals surface area contributed by atoms with E-state index in [1.54, 1.807) is 0 Å². The van der Waals surface area contributed by atoms with Crippen molar-refractivity contribution in [2.45, 2.75) is 26.7 Å². The van der Waals surface area contributed by atoms with E-state index >= 15 is 0 Å². The Morgan fingerprint density at radius 1 is 1.33 bits per heavy atom. The highest BCUT2D eigenvalue weighted by atomic mass is 32.3. The fraction of sp³-hybridized carbons (Fsp3) is 0.857. The first-order valence-corrected chi connectivity index (χ1v) is 4.93. The number of hydrogen-bond acceptors (Lipinski definition) is 4. The zero-order valence-electron chi connectivity index (χ0n) is 7.74. The number of hydrogen-bond donors (Lipinski definition) is 0. The van der Waals surface area contributed by atoms with E-state index in [0.717, 1.165) is 12.8 Å². The van der Waals surface area contributed by atoms with Crippen LogP contribution in [0.2, 0.25) is 0 Å². The zero-order chi connectivity index (χ0) is 8.91. The second-order valence-electron chi connectivity index (χ2n) is 2.38. The van der Waals surface area contributed by atoms with Crippen molar-refractivity contribution in [2.75, 3.05) is 6.61 Å². The Morgan fingerprint density at radius 2 is 1.75 bits per heavy atom. The van der Waals surface area contributed by atoms with Gasteiger partial charge < -0.3 is 4.55 Å². The molecule has 0 radical (unpaired) electrons. The first-order chi connectivity index (χ1) is 4.99. The summed E-state index contributed by atoms with van der Waals surface area (Å²) in [6.45, 7) is 3.86. The zero-order valence-corrected chi connectivity index (χ0v) is 8.56. The van der Waals surface area contributed by atoms with Crippen LogP contribution < -0.4 is 0 Å². The maximum atomic E-state index is 9.99. The van der Waals surface area contributed by atoms with Crippen molar-refractivity contribution in [2.24, 2.45) is 5.92 Å². The normalized spacial score (nSPS) is 11.3. The molecule has 0 heterocycles. The summed E-state index contributed by atoms with van der Waals surface area (Å²) in [5, 5.41) is 0. The van der Waals surface area contributed by atoms with E-state index < -0.39 is 10.4 Å². The van der Waals surface area contributed by atoms with Crippen LogP contribution in [0.4, 0.5) is 0 Å². The Hall–Kier alpha value is -0.260. The van der Waals surface area contributed by atoms with Gasteiger partial charge in [0.05, 0.1) is 6.61 Å². The topological polar surface area (TPSA) is 66.4 Å². The summed E-state index contributed by atoms with van der Waals surface area (Å²) in [6, 6.07) is 0. The monoisotopic (exact) mass is 196 g/mol. The second kappa shape index (κ2) is 6.28. The summed E-state index contributed by atoms with van der Waals surface area (Å²) < 4.78 is 34.1. The second-order valence-corrected chi connectivity index (χ2v) is 3.43. The molecule has 0 fully saturated rings. The molecule has 0 spiro atoms. The first-order valence-electron chi connectivity index (χ1n) is 3.59. The third kappa shape index (κ3) is 7.84. The fourth-order valence-electron chi connectivity index (χ4n) is 0.704. The molecule has 74 valence electrons. The standard InChI is InChI=1S/C6H14O4S.CH3/c1-3-6(4-2)5-10-11(7,8)9;/h6H,3-5H2,1-2H3,(H,7,8,9);1H3/q;+1/p-1. The van der Waals surface area contributed by atoms with Crippen molar-refractivity contribution >= 4 is 10.4 Å². The van der Waals surface area contributed by atoms with Crippen molar-refractivity contribution in [3.63, 3.8) is 0 Å². The molecule has 0 amide bonds. The van der Waals surface area contributed by atoms with Gasteiger partial charge in [-0.2, -0.15) is 0 Å². The molecule has 0 rings (SSSR count). The minimum absolute atomic E-state index is 0. The summed E-state index contributed by atoms with van der Waals surface area (Å²) in [4.78, 5) is 0. The molecule has 0 aliphatic heterocycles. The van der Waals surface area contributed by atoms with E-state index in [0.29, 0.717) is 0 Å². The van der Waals surface area contributed by atoms with Gasteiger partial charge in [-0.1, -0.05) is 26.7 Å². The summed E-state index contributed by atoms with van der Waals surface area (Å²) in [7, 11) is -4.49.